The van der Waals surface area contributed by atoms with Crippen molar-refractivity contribution in [2.24, 2.45) is 0 Å². The van der Waals surface area contributed by atoms with E-state index in [-0.39, 0.29) is 6.61 Å². The molecule has 0 fully saturated rings. The highest BCUT2D eigenvalue weighted by Gasteiger charge is 2.34. The van der Waals surface area contributed by atoms with E-state index in [2.05, 4.69) is 5.32 Å². The maximum atomic E-state index is 13.1. The molecule has 0 spiro atoms. The van der Waals surface area contributed by atoms with E-state index in [1.807, 2.05) is 0 Å². The van der Waals surface area contributed by atoms with Crippen LogP contribution < -0.4 is 5.32 Å². The van der Waals surface area contributed by atoms with Gasteiger partial charge in [-0.15, -0.1) is 0 Å². The highest BCUT2D eigenvalue weighted by molar-refractivity contribution is 5.29. The molecule has 1 aromatic rings. The summed E-state index contributed by atoms with van der Waals surface area (Å²) in [5.41, 5.74) is -0.906. The second kappa shape index (κ2) is 6.15. The monoisotopic (exact) mass is 265 g/mol. The summed E-state index contributed by atoms with van der Waals surface area (Å²) in [5, 5.41) is 2.84. The van der Waals surface area contributed by atoms with Crippen molar-refractivity contribution in [1.82, 2.24) is 5.32 Å². The van der Waals surface area contributed by atoms with Gasteiger partial charge in [0.1, 0.15) is 5.82 Å². The Kier molecular flexibility index (Phi) is 5.10. The van der Waals surface area contributed by atoms with Crippen LogP contribution in [-0.2, 0) is 10.9 Å². The molecule has 0 aromatic heterocycles. The lowest BCUT2D eigenvalue weighted by atomic mass is 10.0. The fourth-order valence-electron chi connectivity index (χ4n) is 1.56. The van der Waals surface area contributed by atoms with Crippen molar-refractivity contribution in [3.05, 3.63) is 35.1 Å². The van der Waals surface area contributed by atoms with Gasteiger partial charge in [0.2, 0.25) is 0 Å². The molecule has 0 heterocycles. The molecule has 1 N–H and O–H groups in total. The van der Waals surface area contributed by atoms with Gasteiger partial charge >= 0.3 is 6.18 Å². The predicted octanol–water partition coefficient (Wildman–Crippen LogP) is 3.14. The number of hydrogen-bond donors (Lipinski definition) is 1. The van der Waals surface area contributed by atoms with Gasteiger partial charge in [-0.1, -0.05) is 6.07 Å². The van der Waals surface area contributed by atoms with Crippen LogP contribution in [0.15, 0.2) is 18.2 Å². The number of halogens is 4. The van der Waals surface area contributed by atoms with Crippen LogP contribution in [0.3, 0.4) is 0 Å². The van der Waals surface area contributed by atoms with Gasteiger partial charge in [0.05, 0.1) is 18.2 Å². The molecule has 1 atom stereocenters. The number of likely N-dealkylation sites (N-methyl/N-ethyl adjacent to an activating group) is 1. The molecule has 1 aromatic carbocycles. The molecule has 0 aliphatic carbocycles. The average molecular weight is 265 g/mol. The van der Waals surface area contributed by atoms with Crippen molar-refractivity contribution in [3.8, 4) is 0 Å². The molecule has 0 aliphatic rings. The Morgan fingerprint density at radius 3 is 2.50 bits per heavy atom. The third kappa shape index (κ3) is 3.68. The molecule has 0 saturated heterocycles. The van der Waals surface area contributed by atoms with Crippen LogP contribution in [0.5, 0.6) is 0 Å². The molecule has 1 rings (SSSR count). The summed E-state index contributed by atoms with van der Waals surface area (Å²) < 4.78 is 55.9. The number of rotatable bonds is 5. The SMILES string of the molecule is CCOCC(NC)c1ccc(F)c(C(F)(F)F)c1. The molecule has 0 aliphatic heterocycles. The van der Waals surface area contributed by atoms with E-state index >= 15 is 0 Å². The molecule has 18 heavy (non-hydrogen) atoms. The summed E-state index contributed by atoms with van der Waals surface area (Å²) >= 11 is 0. The van der Waals surface area contributed by atoms with Gasteiger partial charge in [-0.3, -0.25) is 0 Å². The molecule has 0 amide bonds. The van der Waals surface area contributed by atoms with E-state index in [4.69, 9.17) is 4.74 Å². The third-order valence-corrected chi connectivity index (χ3v) is 2.54. The van der Waals surface area contributed by atoms with Crippen molar-refractivity contribution < 1.29 is 22.3 Å². The topological polar surface area (TPSA) is 21.3 Å². The first-order valence-corrected chi connectivity index (χ1v) is 5.51. The van der Waals surface area contributed by atoms with E-state index in [1.54, 1.807) is 14.0 Å². The van der Waals surface area contributed by atoms with Gasteiger partial charge in [0.15, 0.2) is 0 Å². The lowest BCUT2D eigenvalue weighted by Gasteiger charge is -2.18. The number of benzene rings is 1. The summed E-state index contributed by atoms with van der Waals surface area (Å²) in [6, 6.07) is 2.57. The quantitative estimate of drug-likeness (QED) is 0.826. The molecule has 1 unspecified atom stereocenters. The van der Waals surface area contributed by atoms with Crippen LogP contribution in [0.2, 0.25) is 0 Å². The van der Waals surface area contributed by atoms with Crippen LogP contribution in [0.1, 0.15) is 24.1 Å². The first kappa shape index (κ1) is 14.9. The standard InChI is InChI=1S/C12H15F4NO/c1-3-18-7-11(17-2)8-4-5-10(13)9(6-8)12(14,15)16/h4-6,11,17H,3,7H2,1-2H3. The van der Waals surface area contributed by atoms with Crippen molar-refractivity contribution in [2.45, 2.75) is 19.1 Å². The molecule has 2 nitrogen and oxygen atoms in total. The van der Waals surface area contributed by atoms with Crippen LogP contribution in [0, 0.1) is 5.82 Å². The third-order valence-electron chi connectivity index (χ3n) is 2.54. The first-order chi connectivity index (χ1) is 8.40. The van der Waals surface area contributed by atoms with Crippen LogP contribution in [0.4, 0.5) is 17.6 Å². The zero-order valence-electron chi connectivity index (χ0n) is 10.1. The van der Waals surface area contributed by atoms with Crippen molar-refractivity contribution in [2.75, 3.05) is 20.3 Å². The number of nitrogens with one attached hydrogen (secondary N) is 1. The minimum Gasteiger partial charge on any atom is -0.380 e. The average Bonchev–Trinajstić information content (AvgIpc) is 2.30. The van der Waals surface area contributed by atoms with E-state index in [9.17, 15) is 17.6 Å². The first-order valence-electron chi connectivity index (χ1n) is 5.51. The number of ether oxygens (including phenoxy) is 1. The lowest BCUT2D eigenvalue weighted by Crippen LogP contribution is -2.22. The summed E-state index contributed by atoms with van der Waals surface area (Å²) in [4.78, 5) is 0. The largest absolute Gasteiger partial charge is 0.419 e. The lowest BCUT2D eigenvalue weighted by molar-refractivity contribution is -0.140. The molecule has 0 bridgehead atoms. The van der Waals surface area contributed by atoms with Gasteiger partial charge in [-0.05, 0) is 31.7 Å². The zero-order chi connectivity index (χ0) is 13.8. The molecule has 0 saturated carbocycles. The van der Waals surface area contributed by atoms with Gasteiger partial charge in [-0.2, -0.15) is 13.2 Å². The van der Waals surface area contributed by atoms with E-state index in [1.165, 1.54) is 6.07 Å². The summed E-state index contributed by atoms with van der Waals surface area (Å²) in [5.74, 6) is -1.27. The maximum absolute atomic E-state index is 13.1. The number of hydrogen-bond acceptors (Lipinski definition) is 2. The second-order valence-electron chi connectivity index (χ2n) is 3.74. The summed E-state index contributed by atoms with van der Waals surface area (Å²) in [7, 11) is 1.61. The van der Waals surface area contributed by atoms with Gasteiger partial charge in [0.25, 0.3) is 0 Å². The fourth-order valence-corrected chi connectivity index (χ4v) is 1.56. The van der Waals surface area contributed by atoms with Crippen molar-refractivity contribution in [1.29, 1.82) is 0 Å². The Hall–Kier alpha value is -1.14. The smallest absolute Gasteiger partial charge is 0.380 e. The highest BCUT2D eigenvalue weighted by atomic mass is 19.4. The Morgan fingerprint density at radius 2 is 2.00 bits per heavy atom. The molecule has 6 heteroatoms. The van der Waals surface area contributed by atoms with Crippen LogP contribution in [0.25, 0.3) is 0 Å². The second-order valence-corrected chi connectivity index (χ2v) is 3.74. The summed E-state index contributed by atoms with van der Waals surface area (Å²) in [6.07, 6.45) is -4.69. The van der Waals surface area contributed by atoms with Gasteiger partial charge in [-0.25, -0.2) is 4.39 Å². The Labute approximate surface area is 103 Å². The van der Waals surface area contributed by atoms with Crippen molar-refractivity contribution in [3.63, 3.8) is 0 Å². The van der Waals surface area contributed by atoms with Gasteiger partial charge < -0.3 is 10.1 Å². The minimum atomic E-state index is -4.69. The Bertz CT molecular complexity index is 392. The normalized spacial score (nSPS) is 13.7. The Morgan fingerprint density at radius 1 is 1.33 bits per heavy atom. The van der Waals surface area contributed by atoms with E-state index in [0.717, 1.165) is 12.1 Å². The predicted molar refractivity (Wildman–Crippen MR) is 59.7 cm³/mol. The minimum absolute atomic E-state index is 0.232. The zero-order valence-corrected chi connectivity index (χ0v) is 10.1. The Balaban J connectivity index is 3.02. The fraction of sp³-hybridized carbons (Fsp3) is 0.500. The van der Waals surface area contributed by atoms with Crippen molar-refractivity contribution >= 4 is 0 Å². The maximum Gasteiger partial charge on any atom is 0.419 e. The van der Waals surface area contributed by atoms with E-state index < -0.39 is 23.6 Å². The van der Waals surface area contributed by atoms with Crippen LogP contribution in [-0.4, -0.2) is 20.3 Å². The molecule has 0 radical (unpaired) electrons. The highest BCUT2D eigenvalue weighted by Crippen LogP contribution is 2.33. The molecular formula is C12H15F4NO. The molecular weight excluding hydrogens is 250 g/mol. The molecule has 102 valence electrons. The van der Waals surface area contributed by atoms with Crippen LogP contribution >= 0.6 is 0 Å². The van der Waals surface area contributed by atoms with E-state index in [0.29, 0.717) is 12.2 Å². The summed E-state index contributed by atoms with van der Waals surface area (Å²) in [6.45, 7) is 2.49. The number of alkyl halides is 3. The van der Waals surface area contributed by atoms with Gasteiger partial charge in [0, 0.05) is 6.61 Å².